The minimum Gasteiger partial charge on any atom is -0.493 e. The number of anilines is 1. The minimum atomic E-state index is 0. The summed E-state index contributed by atoms with van der Waals surface area (Å²) in [5, 5.41) is 4.25. The summed E-state index contributed by atoms with van der Waals surface area (Å²) < 4.78 is 10.6. The Kier molecular flexibility index (Phi) is 14.0. The van der Waals surface area contributed by atoms with E-state index in [9.17, 15) is 0 Å². The molecule has 0 atom stereocenters. The van der Waals surface area contributed by atoms with Gasteiger partial charge in [0.15, 0.2) is 11.5 Å². The molecule has 2 aromatic rings. The molecule has 7 N–H and O–H groups in total. The summed E-state index contributed by atoms with van der Waals surface area (Å²) >= 11 is 0. The van der Waals surface area contributed by atoms with Gasteiger partial charge in [0.25, 0.3) is 0 Å². The van der Waals surface area contributed by atoms with Crippen molar-refractivity contribution in [2.75, 3.05) is 32.6 Å². The summed E-state index contributed by atoms with van der Waals surface area (Å²) in [6.45, 7) is 1.30. The summed E-state index contributed by atoms with van der Waals surface area (Å²) in [6.07, 6.45) is 1.76. The van der Waals surface area contributed by atoms with E-state index in [0.717, 1.165) is 16.6 Å². The van der Waals surface area contributed by atoms with Crippen molar-refractivity contribution in [3.63, 3.8) is 0 Å². The molecule has 7 nitrogen and oxygen atoms in total. The molecule has 0 aliphatic rings. The fraction of sp³-hybridized carbons (Fsp3) is 0.308. The van der Waals surface area contributed by atoms with Crippen LogP contribution in [0, 0.1) is 0 Å². The van der Waals surface area contributed by atoms with Crippen LogP contribution < -0.4 is 20.5 Å². The molecule has 0 amide bonds. The van der Waals surface area contributed by atoms with Gasteiger partial charge in [0, 0.05) is 36.4 Å². The molecule has 0 spiro atoms. The van der Waals surface area contributed by atoms with Gasteiger partial charge in [0.1, 0.15) is 0 Å². The van der Waals surface area contributed by atoms with Gasteiger partial charge in [-0.3, -0.25) is 4.98 Å². The number of nitrogens with zero attached hydrogens (tertiary/aromatic N) is 1. The van der Waals surface area contributed by atoms with Crippen LogP contribution in [0.5, 0.6) is 11.5 Å². The highest BCUT2D eigenvalue weighted by atomic mass is 35.5. The van der Waals surface area contributed by atoms with Crippen molar-refractivity contribution < 1.29 is 20.4 Å². The second-order valence-corrected chi connectivity index (χ2v) is 3.80. The van der Waals surface area contributed by atoms with Crippen molar-refractivity contribution in [2.24, 2.45) is 5.73 Å². The van der Waals surface area contributed by atoms with E-state index in [2.05, 4.69) is 10.3 Å². The van der Waals surface area contributed by atoms with Crippen molar-refractivity contribution in [2.45, 2.75) is 0 Å². The van der Waals surface area contributed by atoms with Crippen molar-refractivity contribution in [1.82, 2.24) is 4.98 Å². The number of halogens is 2. The lowest BCUT2D eigenvalue weighted by molar-refractivity contribution is 0.356. The smallest absolute Gasteiger partial charge is 0.162 e. The maximum atomic E-state index is 5.50. The molecule has 0 fully saturated rings. The molecular formula is C13H23Cl2N3O4. The van der Waals surface area contributed by atoms with E-state index in [1.807, 2.05) is 18.2 Å². The number of fused-ring (bicyclic) bond motifs is 1. The Bertz CT molecular complexity index is 558. The Morgan fingerprint density at radius 2 is 1.68 bits per heavy atom. The average Bonchev–Trinajstić information content (AvgIpc) is 2.43. The topological polar surface area (TPSA) is 132 Å². The maximum Gasteiger partial charge on any atom is 0.162 e. The monoisotopic (exact) mass is 355 g/mol. The van der Waals surface area contributed by atoms with Crippen LogP contribution in [0.3, 0.4) is 0 Å². The zero-order valence-corrected chi connectivity index (χ0v) is 14.0. The van der Waals surface area contributed by atoms with Crippen LogP contribution in [0.1, 0.15) is 0 Å². The van der Waals surface area contributed by atoms with Gasteiger partial charge in [-0.1, -0.05) is 0 Å². The number of ether oxygens (including phenoxy) is 2. The molecule has 0 saturated carbocycles. The predicted molar refractivity (Wildman–Crippen MR) is 94.1 cm³/mol. The van der Waals surface area contributed by atoms with Crippen molar-refractivity contribution in [3.05, 3.63) is 24.4 Å². The molecule has 0 radical (unpaired) electrons. The molecule has 1 heterocycles. The van der Waals surface area contributed by atoms with E-state index in [4.69, 9.17) is 15.2 Å². The lowest BCUT2D eigenvalue weighted by atomic mass is 10.1. The molecular weight excluding hydrogens is 333 g/mol. The molecule has 0 aliphatic carbocycles. The zero-order valence-electron chi connectivity index (χ0n) is 12.4. The van der Waals surface area contributed by atoms with Gasteiger partial charge in [-0.15, -0.1) is 24.8 Å². The van der Waals surface area contributed by atoms with Crippen molar-refractivity contribution in [3.8, 4) is 11.5 Å². The number of hydrogen-bond donors (Lipinski definition) is 2. The highest BCUT2D eigenvalue weighted by Gasteiger charge is 2.09. The number of nitrogens with one attached hydrogen (secondary N) is 1. The third kappa shape index (κ3) is 5.36. The van der Waals surface area contributed by atoms with Gasteiger partial charge in [-0.25, -0.2) is 0 Å². The summed E-state index contributed by atoms with van der Waals surface area (Å²) in [5.74, 6) is 1.36. The van der Waals surface area contributed by atoms with Crippen LogP contribution in [-0.4, -0.2) is 43.2 Å². The summed E-state index contributed by atoms with van der Waals surface area (Å²) in [4.78, 5) is 4.33. The normalized spacial score (nSPS) is 8.50. The van der Waals surface area contributed by atoms with E-state index in [0.29, 0.717) is 24.6 Å². The quantitative estimate of drug-likeness (QED) is 0.818. The second-order valence-electron chi connectivity index (χ2n) is 3.80. The van der Waals surface area contributed by atoms with Crippen LogP contribution in [0.25, 0.3) is 10.9 Å². The van der Waals surface area contributed by atoms with Gasteiger partial charge in [0.2, 0.25) is 0 Å². The molecule has 0 aliphatic heterocycles. The molecule has 1 aromatic heterocycles. The Morgan fingerprint density at radius 1 is 1.09 bits per heavy atom. The number of pyridine rings is 1. The third-order valence-corrected chi connectivity index (χ3v) is 2.71. The van der Waals surface area contributed by atoms with Crippen molar-refractivity contribution in [1.29, 1.82) is 0 Å². The summed E-state index contributed by atoms with van der Waals surface area (Å²) in [5.41, 5.74) is 7.35. The minimum absolute atomic E-state index is 0. The van der Waals surface area contributed by atoms with E-state index in [1.165, 1.54) is 0 Å². The van der Waals surface area contributed by atoms with E-state index in [1.54, 1.807) is 20.4 Å². The first-order chi connectivity index (χ1) is 8.80. The first kappa shape index (κ1) is 25.4. The number of aromatic nitrogens is 1. The largest absolute Gasteiger partial charge is 0.493 e. The number of methoxy groups -OCH3 is 2. The molecule has 1 aromatic carbocycles. The SMILES string of the molecule is COc1cc2nccc(NCCN)c2cc1OC.Cl.Cl.O.O. The Morgan fingerprint density at radius 3 is 2.23 bits per heavy atom. The third-order valence-electron chi connectivity index (χ3n) is 2.71. The summed E-state index contributed by atoms with van der Waals surface area (Å²) in [7, 11) is 3.23. The van der Waals surface area contributed by atoms with Crippen molar-refractivity contribution >= 4 is 41.4 Å². The van der Waals surface area contributed by atoms with Crippen LogP contribution in [-0.2, 0) is 0 Å². The predicted octanol–water partition coefficient (Wildman–Crippen LogP) is 0.817. The Hall–Kier alpha value is -1.51. The number of nitrogens with two attached hydrogens (primary N) is 1. The fourth-order valence-corrected chi connectivity index (χ4v) is 1.83. The molecule has 2 rings (SSSR count). The standard InChI is InChI=1S/C13H17N3O2.2ClH.2H2O/c1-17-12-7-9-10(16-6-4-14)3-5-15-11(9)8-13(12)18-2;;;;/h3,5,7-8H,4,6,14H2,1-2H3,(H,15,16);2*1H;2*1H2. The van der Waals surface area contributed by atoms with Crippen LogP contribution in [0.4, 0.5) is 5.69 Å². The summed E-state index contributed by atoms with van der Waals surface area (Å²) in [6, 6.07) is 5.70. The zero-order chi connectivity index (χ0) is 13.0. The van der Waals surface area contributed by atoms with Crippen LogP contribution in [0.2, 0.25) is 0 Å². The lowest BCUT2D eigenvalue weighted by Crippen LogP contribution is -2.13. The van der Waals surface area contributed by atoms with E-state index >= 15 is 0 Å². The number of benzene rings is 1. The molecule has 0 unspecified atom stereocenters. The fourth-order valence-electron chi connectivity index (χ4n) is 1.83. The molecule has 0 bridgehead atoms. The van der Waals surface area contributed by atoms with Gasteiger partial charge >= 0.3 is 0 Å². The molecule has 128 valence electrons. The highest BCUT2D eigenvalue weighted by Crippen LogP contribution is 2.34. The van der Waals surface area contributed by atoms with E-state index < -0.39 is 0 Å². The Labute approximate surface area is 141 Å². The Balaban J connectivity index is -0.000000902. The maximum absolute atomic E-state index is 5.50. The van der Waals surface area contributed by atoms with Crippen LogP contribution >= 0.6 is 24.8 Å². The van der Waals surface area contributed by atoms with Gasteiger partial charge in [-0.05, 0) is 12.1 Å². The average molecular weight is 356 g/mol. The van der Waals surface area contributed by atoms with Gasteiger partial charge in [-0.2, -0.15) is 0 Å². The van der Waals surface area contributed by atoms with Gasteiger partial charge in [0.05, 0.1) is 19.7 Å². The molecule has 0 saturated heterocycles. The molecule has 22 heavy (non-hydrogen) atoms. The number of hydrogen-bond acceptors (Lipinski definition) is 5. The van der Waals surface area contributed by atoms with Gasteiger partial charge < -0.3 is 31.5 Å². The molecule has 9 heteroatoms. The highest BCUT2D eigenvalue weighted by molar-refractivity contribution is 5.93. The first-order valence-electron chi connectivity index (χ1n) is 5.75. The number of rotatable bonds is 5. The first-order valence-corrected chi connectivity index (χ1v) is 5.75. The van der Waals surface area contributed by atoms with E-state index in [-0.39, 0.29) is 35.8 Å². The van der Waals surface area contributed by atoms with Crippen LogP contribution in [0.15, 0.2) is 24.4 Å². The second kappa shape index (κ2) is 12.1. The lowest BCUT2D eigenvalue weighted by Gasteiger charge is -2.12.